The van der Waals surface area contributed by atoms with Crippen molar-refractivity contribution in [2.24, 2.45) is 0 Å². The summed E-state index contributed by atoms with van der Waals surface area (Å²) in [6.07, 6.45) is 0.753. The van der Waals surface area contributed by atoms with Gasteiger partial charge in [0, 0.05) is 25.7 Å². The van der Waals surface area contributed by atoms with E-state index < -0.39 is 17.9 Å². The van der Waals surface area contributed by atoms with Gasteiger partial charge in [-0.25, -0.2) is 0 Å². The van der Waals surface area contributed by atoms with Crippen LogP contribution in [0, 0.1) is 0 Å². The Kier molecular flexibility index (Phi) is 6.52. The summed E-state index contributed by atoms with van der Waals surface area (Å²) in [5, 5.41) is 11.1. The molecule has 0 spiro atoms. The Morgan fingerprint density at radius 1 is 1.35 bits per heavy atom. The lowest BCUT2D eigenvalue weighted by Gasteiger charge is -2.10. The summed E-state index contributed by atoms with van der Waals surface area (Å²) in [7, 11) is 1.62. The molecule has 0 radical (unpaired) electrons. The van der Waals surface area contributed by atoms with Crippen LogP contribution in [0.2, 0.25) is 0 Å². The van der Waals surface area contributed by atoms with Gasteiger partial charge in [-0.3, -0.25) is 9.59 Å². The van der Waals surface area contributed by atoms with E-state index in [1.165, 1.54) is 6.92 Å². The van der Waals surface area contributed by atoms with Gasteiger partial charge in [0.15, 0.2) is 0 Å². The molecule has 20 heavy (non-hydrogen) atoms. The highest BCUT2D eigenvalue weighted by molar-refractivity contribution is 5.96. The maximum absolute atomic E-state index is 11.8. The molecule has 110 valence electrons. The lowest BCUT2D eigenvalue weighted by Crippen LogP contribution is -2.38. The third kappa shape index (κ3) is 5.27. The first-order chi connectivity index (χ1) is 9.54. The predicted octanol–water partition coefficient (Wildman–Crippen LogP) is 1.30. The fraction of sp³-hybridized carbons (Fsp3) is 0.429. The van der Waals surface area contributed by atoms with Crippen LogP contribution in [0.15, 0.2) is 24.3 Å². The van der Waals surface area contributed by atoms with Crippen LogP contribution in [-0.2, 0) is 9.53 Å². The number of carboxylic acids is 1. The Hall–Kier alpha value is -2.08. The normalized spacial score (nSPS) is 11.7. The molecule has 0 fully saturated rings. The van der Waals surface area contributed by atoms with Crippen LogP contribution in [-0.4, -0.2) is 43.3 Å². The number of nitrogens with one attached hydrogen (secondary N) is 1. The number of amides is 1. The summed E-state index contributed by atoms with van der Waals surface area (Å²) in [6.45, 7) is 2.51. The van der Waals surface area contributed by atoms with Gasteiger partial charge in [-0.2, -0.15) is 0 Å². The number of aliphatic carboxylic acids is 1. The average Bonchev–Trinajstić information content (AvgIpc) is 2.43. The minimum Gasteiger partial charge on any atom is -0.493 e. The molecule has 6 nitrogen and oxygen atoms in total. The molecular weight excluding hydrogens is 262 g/mol. The molecule has 1 aromatic carbocycles. The van der Waals surface area contributed by atoms with Crippen molar-refractivity contribution in [3.05, 3.63) is 29.8 Å². The SMILES string of the molecule is COCCCOc1cccc(C(=O)N[C@@H](C)C(=O)O)c1. The van der Waals surface area contributed by atoms with Crippen LogP contribution in [0.5, 0.6) is 5.75 Å². The highest BCUT2D eigenvalue weighted by Crippen LogP contribution is 2.13. The highest BCUT2D eigenvalue weighted by atomic mass is 16.5. The molecule has 0 aromatic heterocycles. The van der Waals surface area contributed by atoms with Crippen molar-refractivity contribution in [2.75, 3.05) is 20.3 Å². The van der Waals surface area contributed by atoms with E-state index in [1.54, 1.807) is 31.4 Å². The van der Waals surface area contributed by atoms with Gasteiger partial charge in [0.1, 0.15) is 11.8 Å². The molecule has 0 bridgehead atoms. The monoisotopic (exact) mass is 281 g/mol. The van der Waals surface area contributed by atoms with Gasteiger partial charge in [0.25, 0.3) is 5.91 Å². The van der Waals surface area contributed by atoms with Gasteiger partial charge in [-0.1, -0.05) is 6.07 Å². The number of rotatable bonds is 8. The van der Waals surface area contributed by atoms with E-state index in [-0.39, 0.29) is 0 Å². The van der Waals surface area contributed by atoms with E-state index in [0.29, 0.717) is 24.5 Å². The van der Waals surface area contributed by atoms with Crippen LogP contribution >= 0.6 is 0 Å². The Labute approximate surface area is 117 Å². The molecule has 1 atom stereocenters. The summed E-state index contributed by atoms with van der Waals surface area (Å²) in [5.74, 6) is -0.954. The number of methoxy groups -OCH3 is 1. The summed E-state index contributed by atoms with van der Waals surface area (Å²) in [6, 6.07) is 5.67. The van der Waals surface area contributed by atoms with E-state index >= 15 is 0 Å². The van der Waals surface area contributed by atoms with Gasteiger partial charge in [-0.05, 0) is 25.1 Å². The maximum Gasteiger partial charge on any atom is 0.325 e. The predicted molar refractivity (Wildman–Crippen MR) is 73.0 cm³/mol. The minimum absolute atomic E-state index is 0.363. The Balaban J connectivity index is 2.58. The van der Waals surface area contributed by atoms with Gasteiger partial charge < -0.3 is 19.9 Å². The number of carbonyl (C=O) groups excluding carboxylic acids is 1. The number of ether oxygens (including phenoxy) is 2. The molecule has 0 unspecified atom stereocenters. The molecule has 0 heterocycles. The van der Waals surface area contributed by atoms with Gasteiger partial charge in [0.2, 0.25) is 0 Å². The van der Waals surface area contributed by atoms with Crippen LogP contribution < -0.4 is 10.1 Å². The molecule has 6 heteroatoms. The fourth-order valence-corrected chi connectivity index (χ4v) is 1.46. The summed E-state index contributed by atoms with van der Waals surface area (Å²) in [5.41, 5.74) is 0.363. The van der Waals surface area contributed by atoms with Gasteiger partial charge in [-0.15, -0.1) is 0 Å². The van der Waals surface area contributed by atoms with E-state index in [1.807, 2.05) is 0 Å². The zero-order valence-electron chi connectivity index (χ0n) is 11.6. The lowest BCUT2D eigenvalue weighted by atomic mass is 10.2. The first kappa shape index (κ1) is 16.0. The van der Waals surface area contributed by atoms with Crippen molar-refractivity contribution in [3.63, 3.8) is 0 Å². The quantitative estimate of drug-likeness (QED) is 0.702. The second-order valence-electron chi connectivity index (χ2n) is 4.26. The highest BCUT2D eigenvalue weighted by Gasteiger charge is 2.15. The van der Waals surface area contributed by atoms with Gasteiger partial charge >= 0.3 is 5.97 Å². The molecular formula is C14H19NO5. The van der Waals surface area contributed by atoms with Gasteiger partial charge in [0.05, 0.1) is 6.61 Å². The number of hydrogen-bond acceptors (Lipinski definition) is 4. The van der Waals surface area contributed by atoms with E-state index in [9.17, 15) is 9.59 Å². The number of benzene rings is 1. The van der Waals surface area contributed by atoms with Crippen molar-refractivity contribution >= 4 is 11.9 Å². The molecule has 1 amide bonds. The maximum atomic E-state index is 11.8. The van der Waals surface area contributed by atoms with Crippen LogP contribution in [0.4, 0.5) is 0 Å². The Morgan fingerprint density at radius 2 is 2.10 bits per heavy atom. The molecule has 0 aliphatic carbocycles. The largest absolute Gasteiger partial charge is 0.493 e. The van der Waals surface area contributed by atoms with E-state index in [4.69, 9.17) is 14.6 Å². The fourth-order valence-electron chi connectivity index (χ4n) is 1.46. The van der Waals surface area contributed by atoms with Crippen molar-refractivity contribution < 1.29 is 24.2 Å². The first-order valence-corrected chi connectivity index (χ1v) is 6.30. The van der Waals surface area contributed by atoms with Crippen molar-refractivity contribution in [2.45, 2.75) is 19.4 Å². The second kappa shape index (κ2) is 8.16. The van der Waals surface area contributed by atoms with E-state index in [2.05, 4.69) is 5.32 Å². The van der Waals surface area contributed by atoms with Crippen molar-refractivity contribution in [1.29, 1.82) is 0 Å². The summed E-state index contributed by atoms with van der Waals surface area (Å²) in [4.78, 5) is 22.5. The molecule has 1 aromatic rings. The number of carbonyl (C=O) groups is 2. The zero-order chi connectivity index (χ0) is 15.0. The van der Waals surface area contributed by atoms with Crippen LogP contribution in [0.1, 0.15) is 23.7 Å². The minimum atomic E-state index is -1.08. The van der Waals surface area contributed by atoms with E-state index in [0.717, 1.165) is 6.42 Å². The third-order valence-corrected chi connectivity index (χ3v) is 2.58. The molecule has 2 N–H and O–H groups in total. The first-order valence-electron chi connectivity index (χ1n) is 6.30. The topological polar surface area (TPSA) is 84.9 Å². The van der Waals surface area contributed by atoms with Crippen LogP contribution in [0.3, 0.4) is 0 Å². The standard InChI is InChI=1S/C14H19NO5/c1-10(14(17)18)15-13(16)11-5-3-6-12(9-11)20-8-4-7-19-2/h3,5-6,9-10H,4,7-8H2,1-2H3,(H,15,16)(H,17,18)/t10-/m0/s1. The smallest absolute Gasteiger partial charge is 0.325 e. The lowest BCUT2D eigenvalue weighted by molar-refractivity contribution is -0.138. The molecule has 0 aliphatic heterocycles. The zero-order valence-corrected chi connectivity index (χ0v) is 11.6. The molecule has 1 rings (SSSR count). The van der Waals surface area contributed by atoms with Crippen LogP contribution in [0.25, 0.3) is 0 Å². The average molecular weight is 281 g/mol. The Bertz CT molecular complexity index is 461. The molecule has 0 saturated carbocycles. The summed E-state index contributed by atoms with van der Waals surface area (Å²) < 4.78 is 10.4. The van der Waals surface area contributed by atoms with Crippen molar-refractivity contribution in [1.82, 2.24) is 5.32 Å². The Morgan fingerprint density at radius 3 is 2.75 bits per heavy atom. The molecule has 0 saturated heterocycles. The third-order valence-electron chi connectivity index (χ3n) is 2.58. The summed E-state index contributed by atoms with van der Waals surface area (Å²) >= 11 is 0. The molecule has 0 aliphatic rings. The second-order valence-corrected chi connectivity index (χ2v) is 4.26. The number of hydrogen-bond donors (Lipinski definition) is 2. The number of carboxylic acid groups (broad SMARTS) is 1. The van der Waals surface area contributed by atoms with Crippen molar-refractivity contribution in [3.8, 4) is 5.75 Å².